The van der Waals surface area contributed by atoms with E-state index in [0.717, 1.165) is 4.90 Å². The Bertz CT molecular complexity index is 1250. The van der Waals surface area contributed by atoms with Crippen LogP contribution in [0.2, 0.25) is 0 Å². The van der Waals surface area contributed by atoms with Gasteiger partial charge in [-0.3, -0.25) is 9.59 Å². The number of likely N-dealkylation sites (N-methyl/N-ethyl adjacent to an activating group) is 1. The lowest BCUT2D eigenvalue weighted by molar-refractivity contribution is -0.143. The third-order valence-corrected chi connectivity index (χ3v) is 5.91. The van der Waals surface area contributed by atoms with E-state index in [4.69, 9.17) is 9.47 Å². The first-order valence-electron chi connectivity index (χ1n) is 13.2. The molecule has 15 heteroatoms. The van der Waals surface area contributed by atoms with E-state index < -0.39 is 36.6 Å². The van der Waals surface area contributed by atoms with Gasteiger partial charge in [0.25, 0.3) is 0 Å². The molecule has 0 radical (unpaired) electrons. The standard InChI is InChI=1S/C27H37N7O8/c1-7-33(8-2)25-28-15-21(34(17-35)26(39)32(6)16-22(36)41-9-3)23(30-25)29-20(24(37)38)14-18-10-12-19(13-11-18)42-27(40)31(4)5/h10-13,15,17,20H,7-9,14,16H2,1-6H3,(H,37,38)(H,28,29,30)/t20-/m0/s1. The highest BCUT2D eigenvalue weighted by atomic mass is 16.6. The number of esters is 1. The minimum absolute atomic E-state index is 0.0287. The first kappa shape index (κ1) is 33.3. The summed E-state index contributed by atoms with van der Waals surface area (Å²) in [6, 6.07) is 4.18. The molecule has 0 saturated carbocycles. The summed E-state index contributed by atoms with van der Waals surface area (Å²) in [5.41, 5.74) is 0.482. The molecule has 0 aliphatic rings. The number of benzene rings is 1. The van der Waals surface area contributed by atoms with Crippen molar-refractivity contribution in [1.82, 2.24) is 19.8 Å². The number of carboxylic acids is 1. The summed E-state index contributed by atoms with van der Waals surface area (Å²) < 4.78 is 10.1. The lowest BCUT2D eigenvalue weighted by Crippen LogP contribution is -2.44. The summed E-state index contributed by atoms with van der Waals surface area (Å²) in [6.07, 6.45) is 0.878. The average molecular weight is 588 g/mol. The molecular formula is C27H37N7O8. The van der Waals surface area contributed by atoms with E-state index in [2.05, 4.69) is 15.3 Å². The van der Waals surface area contributed by atoms with Crippen LogP contribution in [0.4, 0.5) is 27.0 Å². The molecule has 0 fully saturated rings. The predicted molar refractivity (Wildman–Crippen MR) is 154 cm³/mol. The van der Waals surface area contributed by atoms with Crippen LogP contribution in [0.5, 0.6) is 5.75 Å². The average Bonchev–Trinajstić information content (AvgIpc) is 2.95. The van der Waals surface area contributed by atoms with Crippen molar-refractivity contribution in [3.05, 3.63) is 36.0 Å². The number of amides is 4. The van der Waals surface area contributed by atoms with E-state index in [1.54, 1.807) is 38.1 Å². The van der Waals surface area contributed by atoms with Crippen LogP contribution in [0.15, 0.2) is 30.5 Å². The van der Waals surface area contributed by atoms with Gasteiger partial charge in [-0.2, -0.15) is 4.98 Å². The van der Waals surface area contributed by atoms with E-state index in [1.807, 2.05) is 13.8 Å². The molecule has 2 rings (SSSR count). The van der Waals surface area contributed by atoms with Crippen LogP contribution in [-0.4, -0.2) is 109 Å². The number of hydrogen-bond donors (Lipinski definition) is 2. The van der Waals surface area contributed by atoms with Gasteiger partial charge in [-0.1, -0.05) is 12.1 Å². The highest BCUT2D eigenvalue weighted by Crippen LogP contribution is 2.27. The van der Waals surface area contributed by atoms with Crippen molar-refractivity contribution in [2.24, 2.45) is 0 Å². The van der Waals surface area contributed by atoms with Crippen LogP contribution < -0.4 is 19.9 Å². The normalized spacial score (nSPS) is 11.1. The van der Waals surface area contributed by atoms with Crippen LogP contribution in [-0.2, 0) is 25.5 Å². The molecule has 0 aliphatic carbocycles. The van der Waals surface area contributed by atoms with Gasteiger partial charge in [0.1, 0.15) is 24.0 Å². The summed E-state index contributed by atoms with van der Waals surface area (Å²) in [5.74, 6) is -1.44. The van der Waals surface area contributed by atoms with Crippen molar-refractivity contribution in [3.8, 4) is 5.75 Å². The van der Waals surface area contributed by atoms with Gasteiger partial charge in [0.15, 0.2) is 5.82 Å². The number of nitrogens with zero attached hydrogens (tertiary/aromatic N) is 6. The molecule has 15 nitrogen and oxygen atoms in total. The number of carbonyl (C=O) groups is 5. The van der Waals surface area contributed by atoms with E-state index in [9.17, 15) is 29.1 Å². The zero-order valence-corrected chi connectivity index (χ0v) is 24.6. The Hall–Kier alpha value is -4.95. The molecule has 2 aromatic rings. The quantitative estimate of drug-likeness (QED) is 0.244. The van der Waals surface area contributed by atoms with Gasteiger partial charge in [-0.05, 0) is 38.5 Å². The first-order chi connectivity index (χ1) is 19.9. The largest absolute Gasteiger partial charge is 0.480 e. The van der Waals surface area contributed by atoms with Crippen molar-refractivity contribution in [1.29, 1.82) is 0 Å². The summed E-state index contributed by atoms with van der Waals surface area (Å²) in [5, 5.41) is 12.9. The maximum absolute atomic E-state index is 13.1. The SMILES string of the molecule is CCOC(=O)CN(C)C(=O)N(C=O)c1cnc(N(CC)CC)nc1N[C@@H](Cc1ccc(OC(=O)N(C)C)cc1)C(=O)O. The van der Waals surface area contributed by atoms with Gasteiger partial charge in [-0.25, -0.2) is 24.3 Å². The highest BCUT2D eigenvalue weighted by molar-refractivity contribution is 6.08. The number of hydrogen-bond acceptors (Lipinski definition) is 11. The van der Waals surface area contributed by atoms with Crippen molar-refractivity contribution in [2.45, 2.75) is 33.2 Å². The Kier molecular flexibility index (Phi) is 12.5. The Morgan fingerprint density at radius 2 is 1.69 bits per heavy atom. The van der Waals surface area contributed by atoms with E-state index in [-0.39, 0.29) is 42.6 Å². The molecule has 0 unspecified atom stereocenters. The van der Waals surface area contributed by atoms with E-state index >= 15 is 0 Å². The second kappa shape index (κ2) is 15.7. The number of aliphatic carboxylic acids is 1. The Balaban J connectivity index is 2.42. The fourth-order valence-electron chi connectivity index (χ4n) is 3.65. The monoisotopic (exact) mass is 587 g/mol. The molecule has 0 saturated heterocycles. The summed E-state index contributed by atoms with van der Waals surface area (Å²) in [4.78, 5) is 74.7. The molecule has 1 heterocycles. The minimum atomic E-state index is -1.25. The molecule has 0 aliphatic heterocycles. The van der Waals surface area contributed by atoms with Crippen LogP contribution in [0.1, 0.15) is 26.3 Å². The third-order valence-electron chi connectivity index (χ3n) is 5.91. The number of ether oxygens (including phenoxy) is 2. The molecule has 0 bridgehead atoms. The van der Waals surface area contributed by atoms with Gasteiger partial charge in [0.05, 0.1) is 12.8 Å². The minimum Gasteiger partial charge on any atom is -0.480 e. The number of carbonyl (C=O) groups excluding carboxylic acids is 4. The van der Waals surface area contributed by atoms with Crippen LogP contribution >= 0.6 is 0 Å². The van der Waals surface area contributed by atoms with Gasteiger partial charge < -0.3 is 34.6 Å². The molecule has 2 N–H and O–H groups in total. The molecule has 228 valence electrons. The summed E-state index contributed by atoms with van der Waals surface area (Å²) in [6.45, 7) is 6.18. The molecule has 1 aromatic carbocycles. The molecular weight excluding hydrogens is 550 g/mol. The zero-order chi connectivity index (χ0) is 31.4. The Morgan fingerprint density at radius 1 is 1.05 bits per heavy atom. The fourth-order valence-corrected chi connectivity index (χ4v) is 3.65. The van der Waals surface area contributed by atoms with Crippen LogP contribution in [0, 0.1) is 0 Å². The van der Waals surface area contributed by atoms with Crippen molar-refractivity contribution in [2.75, 3.05) is 62.5 Å². The maximum Gasteiger partial charge on any atom is 0.414 e. The van der Waals surface area contributed by atoms with Gasteiger partial charge in [0, 0.05) is 40.7 Å². The van der Waals surface area contributed by atoms with E-state index in [1.165, 1.54) is 30.3 Å². The summed E-state index contributed by atoms with van der Waals surface area (Å²) >= 11 is 0. The molecule has 4 amide bonds. The van der Waals surface area contributed by atoms with Crippen LogP contribution in [0.25, 0.3) is 0 Å². The number of nitrogens with one attached hydrogen (secondary N) is 1. The molecule has 1 aromatic heterocycles. The third kappa shape index (κ3) is 9.04. The topological polar surface area (TPSA) is 175 Å². The number of urea groups is 1. The van der Waals surface area contributed by atoms with Gasteiger partial charge in [-0.15, -0.1) is 0 Å². The lowest BCUT2D eigenvalue weighted by atomic mass is 10.1. The van der Waals surface area contributed by atoms with E-state index in [0.29, 0.717) is 23.6 Å². The second-order valence-corrected chi connectivity index (χ2v) is 9.14. The van der Waals surface area contributed by atoms with Crippen molar-refractivity contribution in [3.63, 3.8) is 0 Å². The smallest absolute Gasteiger partial charge is 0.414 e. The number of anilines is 3. The second-order valence-electron chi connectivity index (χ2n) is 9.14. The molecule has 1 atom stereocenters. The van der Waals surface area contributed by atoms with Crippen LogP contribution in [0.3, 0.4) is 0 Å². The zero-order valence-electron chi connectivity index (χ0n) is 24.6. The Labute approximate surface area is 244 Å². The lowest BCUT2D eigenvalue weighted by Gasteiger charge is -2.27. The van der Waals surface area contributed by atoms with Crippen molar-refractivity contribution >= 4 is 47.9 Å². The maximum atomic E-state index is 13.1. The number of carboxylic acid groups (broad SMARTS) is 1. The molecule has 0 spiro atoms. The number of imide groups is 1. The Morgan fingerprint density at radius 3 is 2.21 bits per heavy atom. The number of aromatic nitrogens is 2. The van der Waals surface area contributed by atoms with Gasteiger partial charge >= 0.3 is 24.1 Å². The highest BCUT2D eigenvalue weighted by Gasteiger charge is 2.28. The summed E-state index contributed by atoms with van der Waals surface area (Å²) in [7, 11) is 4.41. The first-order valence-corrected chi connectivity index (χ1v) is 13.2. The molecule has 42 heavy (non-hydrogen) atoms. The van der Waals surface area contributed by atoms with Gasteiger partial charge in [0.2, 0.25) is 12.4 Å². The number of rotatable bonds is 14. The predicted octanol–water partition coefficient (Wildman–Crippen LogP) is 2.07. The van der Waals surface area contributed by atoms with Crippen molar-refractivity contribution < 1.29 is 38.6 Å². The fraction of sp³-hybridized carbons (Fsp3) is 0.444.